The maximum atomic E-state index is 14.0. The predicted molar refractivity (Wildman–Crippen MR) is 174 cm³/mol. The zero-order chi connectivity index (χ0) is 33.9. The third-order valence-electron chi connectivity index (χ3n) is 6.77. The molecule has 0 bridgehead atoms. The number of carbonyl (C=O) groups excluding carboxylic acids is 3. The first kappa shape index (κ1) is 32.8. The van der Waals surface area contributed by atoms with Crippen molar-refractivity contribution in [2.75, 3.05) is 5.32 Å². The van der Waals surface area contributed by atoms with Gasteiger partial charge in [0, 0.05) is 41.7 Å². The number of hydrogen-bond acceptors (Lipinski definition) is 8. The van der Waals surface area contributed by atoms with Gasteiger partial charge in [0.05, 0.1) is 12.0 Å². The number of H-pyrrole nitrogens is 2. The molecule has 5 aromatic rings. The molecule has 4 aromatic heterocycles. The Bertz CT molecular complexity index is 1850. The third-order valence-corrected chi connectivity index (χ3v) is 6.77. The van der Waals surface area contributed by atoms with E-state index in [0.717, 1.165) is 22.1 Å². The number of halogens is 1. The Hall–Kier alpha value is -5.59. The summed E-state index contributed by atoms with van der Waals surface area (Å²) in [6.07, 6.45) is 4.04. The van der Waals surface area contributed by atoms with Crippen molar-refractivity contribution < 1.29 is 28.2 Å². The number of rotatable bonds is 7. The fourth-order valence-corrected chi connectivity index (χ4v) is 4.86. The lowest BCUT2D eigenvalue weighted by Gasteiger charge is -2.32. The summed E-state index contributed by atoms with van der Waals surface area (Å²) in [7, 11) is 0. The lowest BCUT2D eigenvalue weighted by Crippen LogP contribution is -2.54. The Morgan fingerprint density at radius 1 is 0.872 bits per heavy atom. The van der Waals surface area contributed by atoms with Gasteiger partial charge in [-0.3, -0.25) is 9.78 Å². The van der Waals surface area contributed by atoms with Gasteiger partial charge in [0.25, 0.3) is 0 Å². The first-order chi connectivity index (χ1) is 22.2. The van der Waals surface area contributed by atoms with Crippen LogP contribution in [0, 0.1) is 5.82 Å². The summed E-state index contributed by atoms with van der Waals surface area (Å²) in [5.74, 6) is -0.934. The van der Waals surface area contributed by atoms with Crippen molar-refractivity contribution in [2.24, 2.45) is 0 Å². The van der Waals surface area contributed by atoms with Gasteiger partial charge in [0.1, 0.15) is 34.5 Å². The molecule has 0 aliphatic rings. The van der Waals surface area contributed by atoms with Gasteiger partial charge in [0.2, 0.25) is 5.91 Å². The summed E-state index contributed by atoms with van der Waals surface area (Å²) in [4.78, 5) is 60.6. The molecular formula is C34H36FN7O5. The van der Waals surface area contributed by atoms with Gasteiger partial charge in [0.15, 0.2) is 0 Å². The number of nitrogens with zero attached hydrogens (tertiary/aromatic N) is 4. The zero-order valence-electron chi connectivity index (χ0n) is 26.9. The van der Waals surface area contributed by atoms with Crippen molar-refractivity contribution in [3.05, 3.63) is 85.0 Å². The highest BCUT2D eigenvalue weighted by molar-refractivity contribution is 6.04. The molecule has 0 aliphatic heterocycles. The zero-order valence-corrected chi connectivity index (χ0v) is 26.9. The van der Waals surface area contributed by atoms with Crippen LogP contribution in [0.15, 0.2) is 73.4 Å². The molecule has 4 heterocycles. The molecule has 0 unspecified atom stereocenters. The summed E-state index contributed by atoms with van der Waals surface area (Å²) >= 11 is 0. The maximum absolute atomic E-state index is 14.0. The number of amides is 3. The number of carbonyl (C=O) groups is 3. The SMILES string of the molecule is CC(C)(C)OC(=O)N(C(=O)OC(C)(C)C)[C@@H](Cc1cnc[nH]1)C(=O)Nc1ccc2c(-c3ccncc3)c(-c3ccc(F)cc3)[nH]c2n1. The molecule has 0 spiro atoms. The van der Waals surface area contributed by atoms with E-state index in [0.29, 0.717) is 21.9 Å². The van der Waals surface area contributed by atoms with Crippen LogP contribution in [0.1, 0.15) is 47.2 Å². The van der Waals surface area contributed by atoms with Crippen LogP contribution in [0.4, 0.5) is 19.8 Å². The Morgan fingerprint density at radius 2 is 1.51 bits per heavy atom. The van der Waals surface area contributed by atoms with E-state index < -0.39 is 35.3 Å². The second-order valence-electron chi connectivity index (χ2n) is 12.8. The Labute approximate surface area is 270 Å². The average molecular weight is 642 g/mol. The highest BCUT2D eigenvalue weighted by atomic mass is 19.1. The molecule has 0 saturated heterocycles. The largest absolute Gasteiger partial charge is 0.443 e. The second-order valence-corrected chi connectivity index (χ2v) is 12.8. The Morgan fingerprint density at radius 3 is 2.09 bits per heavy atom. The van der Waals surface area contributed by atoms with Gasteiger partial charge in [-0.1, -0.05) is 0 Å². The van der Waals surface area contributed by atoms with E-state index in [2.05, 4.69) is 30.2 Å². The van der Waals surface area contributed by atoms with Crippen LogP contribution < -0.4 is 5.32 Å². The lowest BCUT2D eigenvalue weighted by atomic mass is 10.00. The van der Waals surface area contributed by atoms with E-state index in [4.69, 9.17) is 9.47 Å². The Balaban J connectivity index is 1.54. The fourth-order valence-electron chi connectivity index (χ4n) is 4.86. The van der Waals surface area contributed by atoms with E-state index in [-0.39, 0.29) is 18.1 Å². The quantitative estimate of drug-likeness (QED) is 0.174. The number of imidazole rings is 1. The van der Waals surface area contributed by atoms with Crippen LogP contribution >= 0.6 is 0 Å². The molecule has 1 aromatic carbocycles. The van der Waals surface area contributed by atoms with Crippen LogP contribution in [0.5, 0.6) is 0 Å². The number of imide groups is 1. The number of aromatic amines is 2. The van der Waals surface area contributed by atoms with Crippen molar-refractivity contribution in [1.82, 2.24) is 29.8 Å². The Kier molecular flexibility index (Phi) is 9.09. The fraction of sp³-hybridized carbons (Fsp3) is 0.294. The van der Waals surface area contributed by atoms with E-state index in [1.807, 2.05) is 12.1 Å². The van der Waals surface area contributed by atoms with Gasteiger partial charge in [-0.2, -0.15) is 4.90 Å². The van der Waals surface area contributed by atoms with Gasteiger partial charge >= 0.3 is 12.2 Å². The van der Waals surface area contributed by atoms with Crippen molar-refractivity contribution in [2.45, 2.75) is 65.2 Å². The molecule has 5 rings (SSSR count). The minimum atomic E-state index is -1.41. The first-order valence-corrected chi connectivity index (χ1v) is 14.9. The molecule has 3 amide bonds. The number of pyridine rings is 2. The van der Waals surface area contributed by atoms with E-state index >= 15 is 0 Å². The van der Waals surface area contributed by atoms with Crippen molar-refractivity contribution in [3.63, 3.8) is 0 Å². The summed E-state index contributed by atoms with van der Waals surface area (Å²) in [6.45, 7) is 9.91. The van der Waals surface area contributed by atoms with Crippen molar-refractivity contribution in [3.8, 4) is 22.4 Å². The summed E-state index contributed by atoms with van der Waals surface area (Å²) in [5, 5.41) is 3.50. The highest BCUT2D eigenvalue weighted by Crippen LogP contribution is 2.38. The van der Waals surface area contributed by atoms with Gasteiger partial charge in [-0.05, 0) is 101 Å². The van der Waals surface area contributed by atoms with Crippen LogP contribution in [0.25, 0.3) is 33.4 Å². The maximum Gasteiger partial charge on any atom is 0.420 e. The van der Waals surface area contributed by atoms with E-state index in [1.54, 1.807) is 78.2 Å². The average Bonchev–Trinajstić information content (AvgIpc) is 3.63. The summed E-state index contributed by atoms with van der Waals surface area (Å²) in [5.41, 5.74) is 2.08. The first-order valence-electron chi connectivity index (χ1n) is 14.9. The minimum Gasteiger partial charge on any atom is -0.443 e. The van der Waals surface area contributed by atoms with Gasteiger partial charge in [-0.25, -0.2) is 23.9 Å². The number of fused-ring (bicyclic) bond motifs is 1. The summed E-state index contributed by atoms with van der Waals surface area (Å²) < 4.78 is 24.8. The molecule has 0 fully saturated rings. The normalized spacial score (nSPS) is 12.4. The second kappa shape index (κ2) is 13.0. The van der Waals surface area contributed by atoms with E-state index in [9.17, 15) is 18.8 Å². The number of ether oxygens (including phenoxy) is 2. The third kappa shape index (κ3) is 7.98. The van der Waals surface area contributed by atoms with Crippen LogP contribution in [-0.2, 0) is 20.7 Å². The lowest BCUT2D eigenvalue weighted by molar-refractivity contribution is -0.121. The van der Waals surface area contributed by atoms with Crippen LogP contribution in [0.2, 0.25) is 0 Å². The number of anilines is 1. The topological polar surface area (TPSA) is 155 Å². The summed E-state index contributed by atoms with van der Waals surface area (Å²) in [6, 6.07) is 11.8. The monoisotopic (exact) mass is 641 g/mol. The molecule has 1 atom stereocenters. The number of benzene rings is 1. The molecule has 0 radical (unpaired) electrons. The molecule has 0 saturated carbocycles. The smallest absolute Gasteiger partial charge is 0.420 e. The van der Waals surface area contributed by atoms with Gasteiger partial charge < -0.3 is 24.8 Å². The van der Waals surface area contributed by atoms with Crippen LogP contribution in [-0.4, -0.2) is 65.2 Å². The van der Waals surface area contributed by atoms with Gasteiger partial charge in [-0.15, -0.1) is 0 Å². The highest BCUT2D eigenvalue weighted by Gasteiger charge is 2.41. The molecular weight excluding hydrogens is 605 g/mol. The number of aromatic nitrogens is 5. The minimum absolute atomic E-state index is 0.115. The molecule has 47 heavy (non-hydrogen) atoms. The van der Waals surface area contributed by atoms with Crippen molar-refractivity contribution in [1.29, 1.82) is 0 Å². The molecule has 244 valence electrons. The standard InChI is InChI=1S/C34H36FN7O5/c1-33(2,3)46-31(44)42(32(45)47-34(4,5)6)25(17-23-18-37-19-38-23)30(43)40-26-12-11-24-27(20-13-15-36-16-14-20)28(41-29(24)39-26)21-7-9-22(35)10-8-21/h7-16,18-19,25H,17H2,1-6H3,(H,37,38)(H2,39,40,41,43)/t25-/m0/s1. The van der Waals surface area contributed by atoms with Crippen LogP contribution in [0.3, 0.4) is 0 Å². The number of nitrogens with one attached hydrogen (secondary N) is 3. The number of hydrogen-bond donors (Lipinski definition) is 3. The molecule has 3 N–H and O–H groups in total. The predicted octanol–water partition coefficient (Wildman–Crippen LogP) is 6.88. The van der Waals surface area contributed by atoms with Crippen molar-refractivity contribution >= 4 is 34.9 Å². The molecule has 0 aliphatic carbocycles. The van der Waals surface area contributed by atoms with E-state index in [1.165, 1.54) is 24.7 Å². The molecule has 12 nitrogen and oxygen atoms in total. The molecule has 13 heteroatoms.